The van der Waals surface area contributed by atoms with E-state index in [9.17, 15) is 18.4 Å². The Bertz CT molecular complexity index is 1390. The number of amides is 1. The molecule has 1 N–H and O–H groups in total. The predicted molar refractivity (Wildman–Crippen MR) is 151 cm³/mol. The Kier molecular flexibility index (Phi) is 7.00. The molecule has 1 aromatic carbocycles. The molecule has 2 aromatic rings. The molecule has 11 heteroatoms. The van der Waals surface area contributed by atoms with Crippen LogP contribution in [0, 0.1) is 5.41 Å². The third-order valence-electron chi connectivity index (χ3n) is 10.2. The first-order valence-electron chi connectivity index (χ1n) is 15.3. The van der Waals surface area contributed by atoms with Crippen LogP contribution in [0.4, 0.5) is 20.3 Å². The monoisotopic (exact) mass is 583 g/mol. The van der Waals surface area contributed by atoms with Crippen LogP contribution in [0.5, 0.6) is 0 Å². The predicted octanol–water partition coefficient (Wildman–Crippen LogP) is 4.43. The van der Waals surface area contributed by atoms with Gasteiger partial charge in [-0.1, -0.05) is 6.07 Å². The molecule has 1 aromatic heterocycles. The van der Waals surface area contributed by atoms with E-state index < -0.39 is 12.4 Å². The van der Waals surface area contributed by atoms with Crippen molar-refractivity contribution in [3.63, 3.8) is 0 Å². The van der Waals surface area contributed by atoms with Crippen LogP contribution in [-0.4, -0.2) is 82.5 Å². The quantitative estimate of drug-likeness (QED) is 0.538. The summed E-state index contributed by atoms with van der Waals surface area (Å²) in [7, 11) is 0. The number of halogens is 2. The highest BCUT2D eigenvalue weighted by atomic mass is 19.3. The fourth-order valence-corrected chi connectivity index (χ4v) is 8.25. The van der Waals surface area contributed by atoms with Gasteiger partial charge in [-0.3, -0.25) is 19.2 Å². The number of hydrogen-bond acceptors (Lipinski definition) is 6. The molecule has 226 valence electrons. The molecule has 0 radical (unpaired) electrons. The highest BCUT2D eigenvalue weighted by Crippen LogP contribution is 2.57. The second-order valence-corrected chi connectivity index (χ2v) is 13.0. The standard InChI is InChI=1S/C31H39F2N5O4/c1-19(39)36-8-4-26-25(15-36)30(34-38(26)22-5-9-42-10-6-22)37-7-2-3-20-11-23(24(29(32)33)12-27(20)37)21-13-31(14-21)17-35(18-31)16-28(40)41/h11-12,21-22,29H,2-10,13-18H2,1H3,(H,40,41). The number of anilines is 2. The summed E-state index contributed by atoms with van der Waals surface area (Å²) in [6, 6.07) is 3.97. The van der Waals surface area contributed by atoms with Crippen molar-refractivity contribution in [1.82, 2.24) is 19.6 Å². The molecule has 9 nitrogen and oxygen atoms in total. The van der Waals surface area contributed by atoms with Crippen LogP contribution in [0.25, 0.3) is 0 Å². The van der Waals surface area contributed by atoms with Crippen LogP contribution in [0.2, 0.25) is 0 Å². The van der Waals surface area contributed by atoms with Gasteiger partial charge >= 0.3 is 5.97 Å². The summed E-state index contributed by atoms with van der Waals surface area (Å²) in [5.74, 6) is 0.0796. The first kappa shape index (κ1) is 27.8. The number of fused-ring (bicyclic) bond motifs is 2. The highest BCUT2D eigenvalue weighted by Gasteiger charge is 2.53. The lowest BCUT2D eigenvalue weighted by Gasteiger charge is -2.59. The Morgan fingerprint density at radius 2 is 1.90 bits per heavy atom. The minimum Gasteiger partial charge on any atom is -0.480 e. The molecule has 0 bridgehead atoms. The van der Waals surface area contributed by atoms with E-state index in [1.165, 1.54) is 0 Å². The van der Waals surface area contributed by atoms with Crippen LogP contribution < -0.4 is 4.90 Å². The van der Waals surface area contributed by atoms with Crippen molar-refractivity contribution < 1.29 is 28.2 Å². The van der Waals surface area contributed by atoms with Crippen LogP contribution in [-0.2, 0) is 33.7 Å². The summed E-state index contributed by atoms with van der Waals surface area (Å²) in [6.45, 7) is 6.33. The lowest BCUT2D eigenvalue weighted by molar-refractivity contribution is -0.145. The number of alkyl halides is 2. The average molecular weight is 584 g/mol. The van der Waals surface area contributed by atoms with Crippen molar-refractivity contribution in [2.75, 3.05) is 50.8 Å². The van der Waals surface area contributed by atoms with E-state index >= 15 is 0 Å². The number of hydrogen-bond donors (Lipinski definition) is 1. The number of aliphatic carboxylic acids is 1. The van der Waals surface area contributed by atoms with Crippen molar-refractivity contribution >= 4 is 23.4 Å². The second-order valence-electron chi connectivity index (χ2n) is 13.0. The molecule has 1 saturated carbocycles. The Balaban J connectivity index is 1.21. The Hall–Kier alpha value is -3.05. The number of benzene rings is 1. The number of carboxylic acid groups (broad SMARTS) is 1. The second kappa shape index (κ2) is 10.6. The van der Waals surface area contributed by atoms with E-state index in [2.05, 4.69) is 9.58 Å². The molecule has 1 aliphatic carbocycles. The number of carboxylic acids is 1. The molecule has 0 atom stereocenters. The summed E-state index contributed by atoms with van der Waals surface area (Å²) in [5, 5.41) is 14.2. The molecule has 7 rings (SSSR count). The largest absolute Gasteiger partial charge is 0.480 e. The van der Waals surface area contributed by atoms with Gasteiger partial charge in [-0.05, 0) is 67.1 Å². The molecular weight excluding hydrogens is 544 g/mol. The van der Waals surface area contributed by atoms with Crippen LogP contribution in [0.15, 0.2) is 12.1 Å². The SMILES string of the molecule is CC(=O)N1CCc2c(c(N3CCCc4cc(C5CC6(C5)CN(CC(=O)O)C6)c(C(F)F)cc43)nn2C2CCOCC2)C1. The average Bonchev–Trinajstić information content (AvgIpc) is 3.31. The zero-order valence-corrected chi connectivity index (χ0v) is 24.2. The van der Waals surface area contributed by atoms with E-state index in [0.29, 0.717) is 32.8 Å². The lowest BCUT2D eigenvalue weighted by atomic mass is 9.55. The maximum Gasteiger partial charge on any atom is 0.317 e. The van der Waals surface area contributed by atoms with E-state index in [4.69, 9.17) is 14.9 Å². The summed E-state index contributed by atoms with van der Waals surface area (Å²) in [6.07, 6.45) is 3.30. The van der Waals surface area contributed by atoms with Gasteiger partial charge in [0.1, 0.15) is 0 Å². The summed E-state index contributed by atoms with van der Waals surface area (Å²) in [5.41, 5.74) is 5.01. The van der Waals surface area contributed by atoms with E-state index in [-0.39, 0.29) is 35.4 Å². The molecular formula is C31H39F2N5O4. The number of nitrogens with zero attached hydrogens (tertiary/aromatic N) is 5. The van der Waals surface area contributed by atoms with Crippen molar-refractivity contribution in [1.29, 1.82) is 0 Å². The number of carbonyl (C=O) groups is 2. The maximum absolute atomic E-state index is 14.6. The first-order valence-corrected chi connectivity index (χ1v) is 15.3. The van der Waals surface area contributed by atoms with Gasteiger partial charge in [0, 0.05) is 75.2 Å². The first-order chi connectivity index (χ1) is 20.2. The fraction of sp³-hybridized carbons (Fsp3) is 0.645. The van der Waals surface area contributed by atoms with Gasteiger partial charge in [0.15, 0.2) is 5.82 Å². The number of rotatable bonds is 6. The molecule has 2 saturated heterocycles. The fourth-order valence-electron chi connectivity index (χ4n) is 8.25. The number of carbonyl (C=O) groups excluding carboxylic acids is 1. The van der Waals surface area contributed by atoms with Gasteiger partial charge in [0.25, 0.3) is 6.43 Å². The minimum atomic E-state index is -2.59. The zero-order chi connectivity index (χ0) is 29.2. The zero-order valence-electron chi connectivity index (χ0n) is 24.2. The van der Waals surface area contributed by atoms with E-state index in [1.807, 2.05) is 15.9 Å². The van der Waals surface area contributed by atoms with Crippen molar-refractivity contribution in [3.05, 3.63) is 40.1 Å². The number of likely N-dealkylation sites (tertiary alicyclic amines) is 1. The summed E-state index contributed by atoms with van der Waals surface area (Å²) in [4.78, 5) is 29.3. The van der Waals surface area contributed by atoms with Gasteiger partial charge < -0.3 is 19.6 Å². The van der Waals surface area contributed by atoms with Gasteiger partial charge in [-0.25, -0.2) is 8.78 Å². The molecule has 42 heavy (non-hydrogen) atoms. The van der Waals surface area contributed by atoms with Crippen LogP contribution in [0.1, 0.15) is 85.4 Å². The molecule has 5 heterocycles. The topological polar surface area (TPSA) is 91.1 Å². The number of ether oxygens (including phenoxy) is 1. The normalized spacial score (nSPS) is 22.6. The van der Waals surface area contributed by atoms with E-state index in [1.54, 1.807) is 13.0 Å². The highest BCUT2D eigenvalue weighted by molar-refractivity contribution is 5.75. The summed E-state index contributed by atoms with van der Waals surface area (Å²) >= 11 is 0. The number of aryl methyl sites for hydroxylation is 1. The van der Waals surface area contributed by atoms with Crippen molar-refractivity contribution in [2.45, 2.75) is 76.8 Å². The molecule has 1 amide bonds. The molecule has 3 fully saturated rings. The van der Waals surface area contributed by atoms with E-state index in [0.717, 1.165) is 91.9 Å². The Morgan fingerprint density at radius 1 is 1.14 bits per heavy atom. The van der Waals surface area contributed by atoms with Gasteiger partial charge in [-0.2, -0.15) is 5.10 Å². The van der Waals surface area contributed by atoms with Crippen LogP contribution >= 0.6 is 0 Å². The maximum atomic E-state index is 14.6. The third-order valence-corrected chi connectivity index (χ3v) is 10.2. The minimum absolute atomic E-state index is 0.0323. The van der Waals surface area contributed by atoms with Crippen molar-refractivity contribution in [3.8, 4) is 0 Å². The lowest BCUT2D eigenvalue weighted by Crippen LogP contribution is -2.62. The molecule has 1 spiro atoms. The van der Waals surface area contributed by atoms with Gasteiger partial charge in [0.05, 0.1) is 19.1 Å². The third kappa shape index (κ3) is 4.78. The smallest absolute Gasteiger partial charge is 0.317 e. The van der Waals surface area contributed by atoms with Crippen LogP contribution in [0.3, 0.4) is 0 Å². The molecule has 0 unspecified atom stereocenters. The Labute approximate surface area is 244 Å². The Morgan fingerprint density at radius 3 is 2.60 bits per heavy atom. The molecule has 5 aliphatic rings. The van der Waals surface area contributed by atoms with Crippen molar-refractivity contribution in [2.24, 2.45) is 5.41 Å². The summed E-state index contributed by atoms with van der Waals surface area (Å²) < 4.78 is 37.0. The molecule has 4 aliphatic heterocycles. The van der Waals surface area contributed by atoms with Gasteiger partial charge in [0.2, 0.25) is 5.91 Å². The number of aromatic nitrogens is 2. The van der Waals surface area contributed by atoms with Gasteiger partial charge in [-0.15, -0.1) is 0 Å².